The third kappa shape index (κ3) is 4.51. The number of rotatable bonds is 6. The Morgan fingerprint density at radius 2 is 2.16 bits per heavy atom. The predicted octanol–water partition coefficient (Wildman–Crippen LogP) is 2.90. The first-order valence-electron chi connectivity index (χ1n) is 6.71. The van der Waals surface area contributed by atoms with Crippen LogP contribution in [0.3, 0.4) is 0 Å². The zero-order chi connectivity index (χ0) is 13.5. The number of nitrogens with zero attached hydrogens (tertiary/aromatic N) is 2. The Kier molecular flexibility index (Phi) is 5.66. The van der Waals surface area contributed by atoms with Crippen molar-refractivity contribution >= 4 is 17.4 Å². The molecule has 0 unspecified atom stereocenters. The quantitative estimate of drug-likeness (QED) is 0.815. The highest BCUT2D eigenvalue weighted by Crippen LogP contribution is 2.21. The molecule has 19 heavy (non-hydrogen) atoms. The van der Waals surface area contributed by atoms with E-state index in [1.807, 2.05) is 0 Å². The Labute approximate surface area is 118 Å². The Balaban J connectivity index is 1.72. The molecule has 1 aliphatic carbocycles. The van der Waals surface area contributed by atoms with E-state index in [9.17, 15) is 0 Å². The van der Waals surface area contributed by atoms with E-state index in [1.54, 1.807) is 0 Å². The second-order valence-electron chi connectivity index (χ2n) is 4.61. The molecule has 0 saturated heterocycles. The molecule has 1 saturated carbocycles. The molecule has 0 atom stereocenters. The van der Waals surface area contributed by atoms with Gasteiger partial charge < -0.3 is 14.8 Å². The molecule has 0 aliphatic heterocycles. The molecule has 1 aromatic rings. The van der Waals surface area contributed by atoms with E-state index in [1.165, 1.54) is 45.4 Å². The molecular formula is C13H20ClN3O2. The van der Waals surface area contributed by atoms with Crippen LogP contribution in [-0.2, 0) is 4.74 Å². The molecule has 0 radical (unpaired) electrons. The van der Waals surface area contributed by atoms with Crippen LogP contribution >= 0.6 is 11.6 Å². The summed E-state index contributed by atoms with van der Waals surface area (Å²) in [5, 5.41) is 3.62. The minimum Gasteiger partial charge on any atom is -0.467 e. The van der Waals surface area contributed by atoms with Crippen LogP contribution < -0.4 is 10.1 Å². The van der Waals surface area contributed by atoms with Gasteiger partial charge in [0, 0.05) is 6.54 Å². The van der Waals surface area contributed by atoms with E-state index < -0.39 is 0 Å². The van der Waals surface area contributed by atoms with E-state index in [2.05, 4.69) is 15.3 Å². The molecule has 0 bridgehead atoms. The van der Waals surface area contributed by atoms with Gasteiger partial charge in [0.05, 0.1) is 26.0 Å². The summed E-state index contributed by atoms with van der Waals surface area (Å²) in [4.78, 5) is 8.07. The van der Waals surface area contributed by atoms with Crippen LogP contribution in [0.25, 0.3) is 0 Å². The fraction of sp³-hybridized carbons (Fsp3) is 0.692. The summed E-state index contributed by atoms with van der Waals surface area (Å²) >= 11 is 6.00. The molecular weight excluding hydrogens is 266 g/mol. The van der Waals surface area contributed by atoms with Gasteiger partial charge in [-0.25, -0.2) is 4.98 Å². The highest BCUT2D eigenvalue weighted by atomic mass is 35.5. The minimum absolute atomic E-state index is 0.306. The largest absolute Gasteiger partial charge is 0.467 e. The zero-order valence-electron chi connectivity index (χ0n) is 11.2. The van der Waals surface area contributed by atoms with Crippen LogP contribution in [0.4, 0.5) is 5.82 Å². The Bertz CT molecular complexity index is 397. The van der Waals surface area contributed by atoms with E-state index in [-0.39, 0.29) is 0 Å². The maximum Gasteiger partial charge on any atom is 0.318 e. The van der Waals surface area contributed by atoms with Crippen molar-refractivity contribution in [1.82, 2.24) is 9.97 Å². The minimum atomic E-state index is 0.306. The van der Waals surface area contributed by atoms with Gasteiger partial charge in [-0.1, -0.05) is 30.9 Å². The number of halogens is 1. The monoisotopic (exact) mass is 285 g/mol. The van der Waals surface area contributed by atoms with Crippen molar-refractivity contribution in [3.8, 4) is 6.01 Å². The first kappa shape index (κ1) is 14.3. The lowest BCUT2D eigenvalue weighted by molar-refractivity contribution is 0.0347. The van der Waals surface area contributed by atoms with E-state index >= 15 is 0 Å². The molecule has 2 rings (SSSR count). The summed E-state index contributed by atoms with van der Waals surface area (Å²) in [5.41, 5.74) is 0. The Hall–Kier alpha value is -1.07. The van der Waals surface area contributed by atoms with Crippen molar-refractivity contribution in [1.29, 1.82) is 0 Å². The Morgan fingerprint density at radius 1 is 1.37 bits per heavy atom. The molecule has 5 nitrogen and oxygen atoms in total. The van der Waals surface area contributed by atoms with Gasteiger partial charge in [-0.05, 0) is 12.8 Å². The number of hydrogen-bond acceptors (Lipinski definition) is 5. The van der Waals surface area contributed by atoms with Crippen molar-refractivity contribution in [2.75, 3.05) is 25.6 Å². The average Bonchev–Trinajstić information content (AvgIpc) is 2.46. The predicted molar refractivity (Wildman–Crippen MR) is 74.9 cm³/mol. The molecule has 1 heterocycles. The number of hydrogen-bond donors (Lipinski definition) is 1. The van der Waals surface area contributed by atoms with Crippen LogP contribution in [-0.4, -0.2) is 36.3 Å². The molecule has 0 spiro atoms. The van der Waals surface area contributed by atoms with Gasteiger partial charge in [0.2, 0.25) is 0 Å². The standard InChI is InChI=1S/C13H20ClN3O2/c1-18-13-16-9-11(14)12(17-13)15-7-8-19-10-5-3-2-4-6-10/h9-10H,2-8H2,1H3,(H,15,16,17). The smallest absolute Gasteiger partial charge is 0.318 e. The van der Waals surface area contributed by atoms with Crippen molar-refractivity contribution in [3.05, 3.63) is 11.2 Å². The number of ether oxygens (including phenoxy) is 2. The van der Waals surface area contributed by atoms with Crippen molar-refractivity contribution < 1.29 is 9.47 Å². The fourth-order valence-corrected chi connectivity index (χ4v) is 2.36. The third-order valence-corrected chi connectivity index (χ3v) is 3.48. The zero-order valence-corrected chi connectivity index (χ0v) is 11.9. The first-order valence-corrected chi connectivity index (χ1v) is 7.09. The highest BCUT2D eigenvalue weighted by Gasteiger charge is 2.13. The molecule has 106 valence electrons. The molecule has 1 aromatic heterocycles. The van der Waals surface area contributed by atoms with Gasteiger partial charge in [-0.3, -0.25) is 0 Å². The maximum absolute atomic E-state index is 6.00. The fourth-order valence-electron chi connectivity index (χ4n) is 2.20. The normalized spacial score (nSPS) is 16.3. The average molecular weight is 286 g/mol. The Morgan fingerprint density at radius 3 is 2.89 bits per heavy atom. The molecule has 1 N–H and O–H groups in total. The lowest BCUT2D eigenvalue weighted by atomic mass is 9.98. The third-order valence-electron chi connectivity index (χ3n) is 3.20. The summed E-state index contributed by atoms with van der Waals surface area (Å²) in [7, 11) is 1.53. The summed E-state index contributed by atoms with van der Waals surface area (Å²) < 4.78 is 10.8. The summed E-state index contributed by atoms with van der Waals surface area (Å²) in [6.07, 6.45) is 8.22. The molecule has 0 aromatic carbocycles. The lowest BCUT2D eigenvalue weighted by Crippen LogP contribution is -2.20. The molecule has 0 amide bonds. The van der Waals surface area contributed by atoms with Gasteiger partial charge >= 0.3 is 6.01 Å². The SMILES string of the molecule is COc1ncc(Cl)c(NCCOC2CCCCC2)n1. The van der Waals surface area contributed by atoms with Gasteiger partial charge in [-0.2, -0.15) is 4.98 Å². The first-order chi connectivity index (χ1) is 9.29. The van der Waals surface area contributed by atoms with Gasteiger partial charge in [-0.15, -0.1) is 0 Å². The number of methoxy groups -OCH3 is 1. The summed E-state index contributed by atoms with van der Waals surface area (Å²) in [6.45, 7) is 1.34. The van der Waals surface area contributed by atoms with Crippen molar-refractivity contribution in [3.63, 3.8) is 0 Å². The second-order valence-corrected chi connectivity index (χ2v) is 5.02. The van der Waals surface area contributed by atoms with Crippen LogP contribution in [0.5, 0.6) is 6.01 Å². The van der Waals surface area contributed by atoms with Gasteiger partial charge in [0.1, 0.15) is 5.02 Å². The number of aromatic nitrogens is 2. The molecule has 6 heteroatoms. The van der Waals surface area contributed by atoms with Crippen molar-refractivity contribution in [2.45, 2.75) is 38.2 Å². The van der Waals surface area contributed by atoms with Gasteiger partial charge in [0.25, 0.3) is 0 Å². The van der Waals surface area contributed by atoms with E-state index in [0.717, 1.165) is 0 Å². The van der Waals surface area contributed by atoms with Crippen molar-refractivity contribution in [2.24, 2.45) is 0 Å². The van der Waals surface area contributed by atoms with Crippen LogP contribution in [0.2, 0.25) is 5.02 Å². The summed E-state index contributed by atoms with van der Waals surface area (Å²) in [6, 6.07) is 0.306. The number of anilines is 1. The summed E-state index contributed by atoms with van der Waals surface area (Å²) in [5.74, 6) is 0.584. The lowest BCUT2D eigenvalue weighted by Gasteiger charge is -2.22. The van der Waals surface area contributed by atoms with Crippen LogP contribution in [0, 0.1) is 0 Å². The van der Waals surface area contributed by atoms with Gasteiger partial charge in [0.15, 0.2) is 5.82 Å². The second kappa shape index (κ2) is 7.50. The van der Waals surface area contributed by atoms with E-state index in [4.69, 9.17) is 21.1 Å². The highest BCUT2D eigenvalue weighted by molar-refractivity contribution is 6.32. The maximum atomic E-state index is 6.00. The molecule has 1 fully saturated rings. The van der Waals surface area contributed by atoms with Crippen LogP contribution in [0.1, 0.15) is 32.1 Å². The van der Waals surface area contributed by atoms with E-state index in [0.29, 0.717) is 36.1 Å². The topological polar surface area (TPSA) is 56.3 Å². The van der Waals surface area contributed by atoms with Crippen LogP contribution in [0.15, 0.2) is 6.20 Å². The molecule has 1 aliphatic rings. The number of nitrogens with one attached hydrogen (secondary N) is 1.